The molecular formula is C20H26O3S. The summed E-state index contributed by atoms with van der Waals surface area (Å²) >= 11 is 1.67. The standard InChI is InChI=1S/C20H26O3S/c1-2-3-4-5-9-12-18(24-15-10-7-6-8-11-15)16-13-14-17(21)19(16)20(22)23/h6-12,16,18-19H,2-5,13-14H2,1H3,(H,22,23)/b12-9+. The highest BCUT2D eigenvalue weighted by Crippen LogP contribution is 2.40. The van der Waals surface area contributed by atoms with E-state index in [0.29, 0.717) is 12.8 Å². The van der Waals surface area contributed by atoms with Gasteiger partial charge in [-0.15, -0.1) is 11.8 Å². The van der Waals surface area contributed by atoms with Gasteiger partial charge in [0.1, 0.15) is 11.7 Å². The molecule has 130 valence electrons. The van der Waals surface area contributed by atoms with E-state index in [1.807, 2.05) is 30.3 Å². The van der Waals surface area contributed by atoms with Gasteiger partial charge in [0.25, 0.3) is 0 Å². The van der Waals surface area contributed by atoms with Gasteiger partial charge in [0.15, 0.2) is 0 Å². The number of ketones is 1. The number of carbonyl (C=O) groups excluding carboxylic acids is 1. The third-order valence-electron chi connectivity index (χ3n) is 4.50. The normalized spacial score (nSPS) is 22.1. The van der Waals surface area contributed by atoms with Crippen molar-refractivity contribution in [2.75, 3.05) is 0 Å². The molecule has 4 heteroatoms. The van der Waals surface area contributed by atoms with Crippen molar-refractivity contribution in [2.45, 2.75) is 55.6 Å². The van der Waals surface area contributed by atoms with Crippen molar-refractivity contribution in [1.82, 2.24) is 0 Å². The summed E-state index contributed by atoms with van der Waals surface area (Å²) in [4.78, 5) is 24.6. The monoisotopic (exact) mass is 346 g/mol. The Bertz CT molecular complexity index is 568. The smallest absolute Gasteiger partial charge is 0.314 e. The van der Waals surface area contributed by atoms with E-state index >= 15 is 0 Å². The third kappa shape index (κ3) is 5.23. The molecule has 1 saturated carbocycles. The minimum Gasteiger partial charge on any atom is -0.481 e. The Morgan fingerprint density at radius 1 is 1.33 bits per heavy atom. The van der Waals surface area contributed by atoms with Crippen molar-refractivity contribution in [3.8, 4) is 0 Å². The summed E-state index contributed by atoms with van der Waals surface area (Å²) in [6, 6.07) is 10.0. The van der Waals surface area contributed by atoms with Crippen LogP contribution in [0.4, 0.5) is 0 Å². The minimum atomic E-state index is -0.972. The molecule has 0 saturated heterocycles. The minimum absolute atomic E-state index is 0.0292. The predicted molar refractivity (Wildman–Crippen MR) is 98.2 cm³/mol. The van der Waals surface area contributed by atoms with Gasteiger partial charge in [-0.2, -0.15) is 0 Å². The molecule has 0 spiro atoms. The number of Topliss-reactive ketones (excluding diaryl/α,β-unsaturated/α-hetero) is 1. The van der Waals surface area contributed by atoms with E-state index in [9.17, 15) is 14.7 Å². The van der Waals surface area contributed by atoms with Crippen LogP contribution < -0.4 is 0 Å². The quantitative estimate of drug-likeness (QED) is 0.297. The van der Waals surface area contributed by atoms with Gasteiger partial charge in [0, 0.05) is 16.6 Å². The number of unbranched alkanes of at least 4 members (excludes halogenated alkanes) is 3. The maximum atomic E-state index is 12.0. The molecule has 0 aliphatic heterocycles. The Labute approximate surface area is 148 Å². The zero-order valence-electron chi connectivity index (χ0n) is 14.2. The molecule has 1 aliphatic carbocycles. The first-order valence-corrected chi connectivity index (χ1v) is 9.65. The molecule has 3 atom stereocenters. The molecule has 24 heavy (non-hydrogen) atoms. The number of carboxylic acid groups (broad SMARTS) is 1. The zero-order chi connectivity index (χ0) is 17.4. The number of aliphatic carboxylic acids is 1. The van der Waals surface area contributed by atoms with Crippen LogP contribution in [0.1, 0.15) is 45.4 Å². The van der Waals surface area contributed by atoms with E-state index in [0.717, 1.165) is 17.7 Å². The number of hydrogen-bond donors (Lipinski definition) is 1. The summed E-state index contributed by atoms with van der Waals surface area (Å²) in [7, 11) is 0. The van der Waals surface area contributed by atoms with Gasteiger partial charge in [-0.1, -0.05) is 50.1 Å². The molecule has 1 N–H and O–H groups in total. The van der Waals surface area contributed by atoms with Crippen molar-refractivity contribution < 1.29 is 14.7 Å². The van der Waals surface area contributed by atoms with Crippen molar-refractivity contribution in [1.29, 1.82) is 0 Å². The van der Waals surface area contributed by atoms with Gasteiger partial charge in [0.2, 0.25) is 0 Å². The fourth-order valence-corrected chi connectivity index (χ4v) is 4.50. The highest BCUT2D eigenvalue weighted by atomic mass is 32.2. The number of carboxylic acids is 1. The van der Waals surface area contributed by atoms with Crippen LogP contribution in [0, 0.1) is 11.8 Å². The molecule has 0 aromatic heterocycles. The van der Waals surface area contributed by atoms with Crippen LogP contribution in [0.15, 0.2) is 47.4 Å². The Morgan fingerprint density at radius 3 is 2.75 bits per heavy atom. The third-order valence-corrected chi connectivity index (χ3v) is 5.83. The maximum Gasteiger partial charge on any atom is 0.314 e. The molecule has 0 radical (unpaired) electrons. The lowest BCUT2D eigenvalue weighted by molar-refractivity contribution is -0.146. The number of carbonyl (C=O) groups is 2. The Hall–Kier alpha value is -1.55. The topological polar surface area (TPSA) is 54.4 Å². The zero-order valence-corrected chi connectivity index (χ0v) is 15.0. The van der Waals surface area contributed by atoms with Crippen molar-refractivity contribution >= 4 is 23.5 Å². The van der Waals surface area contributed by atoms with Crippen molar-refractivity contribution in [3.63, 3.8) is 0 Å². The number of hydrogen-bond acceptors (Lipinski definition) is 3. The van der Waals surface area contributed by atoms with E-state index in [2.05, 4.69) is 19.1 Å². The molecule has 0 amide bonds. The molecule has 3 unspecified atom stereocenters. The highest BCUT2D eigenvalue weighted by molar-refractivity contribution is 8.00. The number of allylic oxidation sites excluding steroid dienone is 1. The van der Waals surface area contributed by atoms with Gasteiger partial charge in [-0.05, 0) is 37.3 Å². The first kappa shape index (κ1) is 18.8. The first-order valence-electron chi connectivity index (χ1n) is 8.77. The lowest BCUT2D eigenvalue weighted by Gasteiger charge is -2.23. The molecular weight excluding hydrogens is 320 g/mol. The summed E-state index contributed by atoms with van der Waals surface area (Å²) in [6.07, 6.45) is 9.91. The highest BCUT2D eigenvalue weighted by Gasteiger charge is 2.43. The van der Waals surface area contributed by atoms with Crippen molar-refractivity contribution in [2.24, 2.45) is 11.8 Å². The van der Waals surface area contributed by atoms with Gasteiger partial charge in [0.05, 0.1) is 0 Å². The van der Waals surface area contributed by atoms with Crippen LogP contribution in [-0.2, 0) is 9.59 Å². The SMILES string of the molecule is CCCCC/C=C/C(Sc1ccccc1)C1CCC(=O)C1C(=O)O. The maximum absolute atomic E-state index is 12.0. The van der Waals surface area contributed by atoms with E-state index in [4.69, 9.17) is 0 Å². The van der Waals surface area contributed by atoms with Crippen LogP contribution in [0.25, 0.3) is 0 Å². The molecule has 2 rings (SSSR count). The molecule has 1 fully saturated rings. The summed E-state index contributed by atoms with van der Waals surface area (Å²) in [5, 5.41) is 9.49. The summed E-state index contributed by atoms with van der Waals surface area (Å²) < 4.78 is 0. The largest absolute Gasteiger partial charge is 0.481 e. The molecule has 1 aliphatic rings. The predicted octanol–water partition coefficient (Wildman–Crippen LogP) is 4.96. The van der Waals surface area contributed by atoms with Crippen LogP contribution in [0.5, 0.6) is 0 Å². The number of rotatable bonds is 9. The first-order chi connectivity index (χ1) is 11.6. The Morgan fingerprint density at radius 2 is 2.08 bits per heavy atom. The van der Waals surface area contributed by atoms with Crippen LogP contribution >= 0.6 is 11.8 Å². The fraction of sp³-hybridized carbons (Fsp3) is 0.500. The van der Waals surface area contributed by atoms with Crippen molar-refractivity contribution in [3.05, 3.63) is 42.5 Å². The molecule has 0 bridgehead atoms. The summed E-state index contributed by atoms with van der Waals surface area (Å²) in [6.45, 7) is 2.18. The van der Waals surface area contributed by atoms with Crippen LogP contribution in [0.3, 0.4) is 0 Å². The summed E-state index contributed by atoms with van der Waals surface area (Å²) in [5.74, 6) is -2.07. The second-order valence-corrected chi connectivity index (χ2v) is 7.56. The average molecular weight is 346 g/mol. The molecule has 1 aromatic rings. The van der Waals surface area contributed by atoms with E-state index in [1.54, 1.807) is 11.8 Å². The van der Waals surface area contributed by atoms with Crippen LogP contribution in [-0.4, -0.2) is 22.1 Å². The van der Waals surface area contributed by atoms with Gasteiger partial charge >= 0.3 is 5.97 Å². The van der Waals surface area contributed by atoms with E-state index < -0.39 is 11.9 Å². The van der Waals surface area contributed by atoms with Gasteiger partial charge in [-0.25, -0.2) is 0 Å². The lowest BCUT2D eigenvalue weighted by atomic mass is 9.91. The van der Waals surface area contributed by atoms with Gasteiger partial charge in [-0.3, -0.25) is 9.59 Å². The van der Waals surface area contributed by atoms with Gasteiger partial charge < -0.3 is 5.11 Å². The Kier molecular flexibility index (Phi) is 7.57. The average Bonchev–Trinajstić information content (AvgIpc) is 2.96. The van der Waals surface area contributed by atoms with Crippen LogP contribution in [0.2, 0.25) is 0 Å². The molecule has 1 aromatic carbocycles. The summed E-state index contributed by atoms with van der Waals surface area (Å²) in [5.41, 5.74) is 0. The molecule has 3 nitrogen and oxygen atoms in total. The Balaban J connectivity index is 2.12. The number of benzene rings is 1. The second kappa shape index (κ2) is 9.67. The van der Waals surface area contributed by atoms with E-state index in [1.165, 1.54) is 12.8 Å². The second-order valence-electron chi connectivity index (χ2n) is 6.30. The van der Waals surface area contributed by atoms with E-state index in [-0.39, 0.29) is 17.0 Å². The fourth-order valence-electron chi connectivity index (χ4n) is 3.21. The molecule has 0 heterocycles. The number of thioether (sulfide) groups is 1. The lowest BCUT2D eigenvalue weighted by Crippen LogP contribution is -2.30.